The molecule has 1 rings (SSSR count). The highest BCUT2D eigenvalue weighted by Crippen LogP contribution is 2.21. The van der Waals surface area contributed by atoms with Crippen LogP contribution in [0.25, 0.3) is 0 Å². The van der Waals surface area contributed by atoms with Crippen LogP contribution in [0.1, 0.15) is 10.4 Å². The van der Waals surface area contributed by atoms with E-state index in [2.05, 4.69) is 0 Å². The van der Waals surface area contributed by atoms with Crippen LogP contribution in [0.3, 0.4) is 0 Å². The largest absolute Gasteiger partial charge is 0.386 e. The summed E-state index contributed by atoms with van der Waals surface area (Å²) in [5.41, 5.74) is -0.0697. The molecule has 106 valence electrons. The molecule has 19 heavy (non-hydrogen) atoms. The minimum absolute atomic E-state index is 0.0353. The van der Waals surface area contributed by atoms with Gasteiger partial charge in [0.2, 0.25) is 0 Å². The van der Waals surface area contributed by atoms with Crippen molar-refractivity contribution in [2.24, 2.45) is 0 Å². The van der Waals surface area contributed by atoms with Crippen molar-refractivity contribution in [3.05, 3.63) is 32.4 Å². The molecule has 2 N–H and O–H groups in total. The van der Waals surface area contributed by atoms with Crippen molar-refractivity contribution in [1.29, 1.82) is 0 Å². The predicted octanol–water partition coefficient (Wildman–Crippen LogP) is 2.16. The summed E-state index contributed by atoms with van der Waals surface area (Å²) in [6.45, 7) is -1.55. The molecule has 0 atom stereocenters. The second-order valence-corrected chi connectivity index (χ2v) is 6.62. The van der Waals surface area contributed by atoms with Gasteiger partial charge >= 0.3 is 15.4 Å². The van der Waals surface area contributed by atoms with E-state index >= 15 is 0 Å². The minimum Gasteiger partial charge on any atom is -0.345 e. The molecule has 1 amide bonds. The lowest BCUT2D eigenvalue weighted by Crippen LogP contribution is -2.42. The first-order valence-electron chi connectivity index (χ1n) is 4.63. The number of amides is 1. The van der Waals surface area contributed by atoms with E-state index in [0.29, 0.717) is 3.57 Å². The van der Waals surface area contributed by atoms with E-state index < -0.39 is 27.8 Å². The highest BCUT2D eigenvalue weighted by molar-refractivity contribution is 14.1. The number of rotatable bonds is 4. The van der Waals surface area contributed by atoms with Gasteiger partial charge in [0, 0.05) is 3.57 Å². The number of carbonyl (C=O) groups excluding carboxylic acids is 1. The Hall–Kier alpha value is -0.520. The summed E-state index contributed by atoms with van der Waals surface area (Å²) >= 11 is 7.60. The van der Waals surface area contributed by atoms with E-state index in [1.54, 1.807) is 11.4 Å². The number of alkyl halides is 2. The molecule has 1 aromatic rings. The molecule has 0 unspecified atom stereocenters. The molecule has 0 aromatic heterocycles. The zero-order valence-corrected chi connectivity index (χ0v) is 12.8. The topological polar surface area (TPSA) is 83.5 Å². The van der Waals surface area contributed by atoms with Gasteiger partial charge in [-0.15, -0.1) is 0 Å². The highest BCUT2D eigenvalue weighted by atomic mass is 127. The summed E-state index contributed by atoms with van der Waals surface area (Å²) in [4.78, 5) is 11.6. The quantitative estimate of drug-likeness (QED) is 0.572. The van der Waals surface area contributed by atoms with Gasteiger partial charge in [0.15, 0.2) is 0 Å². The van der Waals surface area contributed by atoms with Crippen molar-refractivity contribution in [1.82, 2.24) is 5.32 Å². The first kappa shape index (κ1) is 16.5. The van der Waals surface area contributed by atoms with Crippen LogP contribution in [0.4, 0.5) is 8.78 Å². The fourth-order valence-corrected chi connectivity index (χ4v) is 1.99. The molecule has 0 saturated heterocycles. The maximum Gasteiger partial charge on any atom is 0.386 e. The SMILES string of the molecule is O=C(NCC(F)(F)S(=O)(=O)O)c1cc(I)ccc1Cl. The smallest absolute Gasteiger partial charge is 0.345 e. The van der Waals surface area contributed by atoms with Crippen molar-refractivity contribution in [3.63, 3.8) is 0 Å². The zero-order valence-electron chi connectivity index (χ0n) is 9.03. The Morgan fingerprint density at radius 2 is 2.05 bits per heavy atom. The Kier molecular flexibility index (Phi) is 5.09. The molecule has 0 aliphatic rings. The van der Waals surface area contributed by atoms with E-state index in [-0.39, 0.29) is 10.6 Å². The molecule has 10 heteroatoms. The van der Waals surface area contributed by atoms with E-state index in [1.165, 1.54) is 12.1 Å². The Morgan fingerprint density at radius 1 is 1.47 bits per heavy atom. The van der Waals surface area contributed by atoms with Crippen molar-refractivity contribution in [2.45, 2.75) is 5.25 Å². The Morgan fingerprint density at radius 3 is 2.58 bits per heavy atom. The summed E-state index contributed by atoms with van der Waals surface area (Å²) < 4.78 is 55.4. The molecule has 0 fully saturated rings. The Labute approximate surface area is 126 Å². The highest BCUT2D eigenvalue weighted by Gasteiger charge is 2.44. The average molecular weight is 426 g/mol. The lowest BCUT2D eigenvalue weighted by Gasteiger charge is -2.14. The lowest BCUT2D eigenvalue weighted by atomic mass is 10.2. The fraction of sp³-hybridized carbons (Fsp3) is 0.222. The van der Waals surface area contributed by atoms with Gasteiger partial charge in [0.05, 0.1) is 17.1 Å². The normalized spacial score (nSPS) is 12.3. The summed E-state index contributed by atoms with van der Waals surface area (Å²) in [6.07, 6.45) is 0. The third-order valence-electron chi connectivity index (χ3n) is 2.01. The Bertz CT molecular complexity index is 608. The molecule has 0 saturated carbocycles. The number of hydrogen-bond acceptors (Lipinski definition) is 3. The van der Waals surface area contributed by atoms with Gasteiger partial charge in [-0.05, 0) is 40.8 Å². The van der Waals surface area contributed by atoms with Gasteiger partial charge in [0.25, 0.3) is 5.91 Å². The van der Waals surface area contributed by atoms with Crippen LogP contribution in [0.5, 0.6) is 0 Å². The van der Waals surface area contributed by atoms with Crippen LogP contribution >= 0.6 is 34.2 Å². The number of carbonyl (C=O) groups is 1. The van der Waals surface area contributed by atoms with Crippen molar-refractivity contribution in [3.8, 4) is 0 Å². The van der Waals surface area contributed by atoms with Crippen LogP contribution in [-0.4, -0.2) is 30.7 Å². The summed E-state index contributed by atoms with van der Waals surface area (Å²) in [6, 6.07) is 4.36. The van der Waals surface area contributed by atoms with Crippen LogP contribution in [-0.2, 0) is 10.1 Å². The number of benzene rings is 1. The first-order valence-corrected chi connectivity index (χ1v) is 7.52. The van der Waals surface area contributed by atoms with E-state index in [0.717, 1.165) is 0 Å². The molecular weight excluding hydrogens is 419 g/mol. The summed E-state index contributed by atoms with van der Waals surface area (Å²) in [5.74, 6) is -0.966. The van der Waals surface area contributed by atoms with Gasteiger partial charge < -0.3 is 5.32 Å². The number of halogens is 4. The van der Waals surface area contributed by atoms with Gasteiger partial charge in [-0.25, -0.2) is 0 Å². The molecule has 0 aliphatic carbocycles. The second kappa shape index (κ2) is 5.85. The summed E-state index contributed by atoms with van der Waals surface area (Å²) in [7, 11) is -5.58. The van der Waals surface area contributed by atoms with Gasteiger partial charge in [-0.3, -0.25) is 9.35 Å². The first-order chi connectivity index (χ1) is 8.54. The van der Waals surface area contributed by atoms with E-state index in [9.17, 15) is 22.0 Å². The maximum absolute atomic E-state index is 12.9. The lowest BCUT2D eigenvalue weighted by molar-refractivity contribution is 0.0700. The Balaban J connectivity index is 2.85. The standard InChI is InChI=1S/C9H7ClF2INO4S/c10-7-2-1-5(13)3-6(7)8(15)14-4-9(11,12)19(16,17)18/h1-3H,4H2,(H,14,15)(H,16,17,18). The van der Waals surface area contributed by atoms with Crippen molar-refractivity contribution in [2.75, 3.05) is 6.54 Å². The summed E-state index contributed by atoms with van der Waals surface area (Å²) in [5, 5.41) is -2.73. The van der Waals surface area contributed by atoms with Crippen molar-refractivity contribution >= 4 is 50.2 Å². The second-order valence-electron chi connectivity index (χ2n) is 3.42. The number of hydrogen-bond donors (Lipinski definition) is 2. The molecular formula is C9H7ClF2INO4S. The van der Waals surface area contributed by atoms with Crippen LogP contribution in [0.15, 0.2) is 18.2 Å². The van der Waals surface area contributed by atoms with Crippen LogP contribution in [0, 0.1) is 3.57 Å². The zero-order chi connectivity index (χ0) is 14.8. The maximum atomic E-state index is 12.9. The third-order valence-corrected chi connectivity index (χ3v) is 3.90. The third kappa shape index (κ3) is 4.23. The average Bonchev–Trinajstić information content (AvgIpc) is 2.28. The fourth-order valence-electron chi connectivity index (χ4n) is 1.04. The van der Waals surface area contributed by atoms with E-state index in [1.807, 2.05) is 22.6 Å². The molecule has 0 aliphatic heterocycles. The molecule has 0 heterocycles. The van der Waals surface area contributed by atoms with Crippen LogP contribution in [0.2, 0.25) is 5.02 Å². The molecule has 0 radical (unpaired) electrons. The van der Waals surface area contributed by atoms with E-state index in [4.69, 9.17) is 16.2 Å². The number of nitrogens with one attached hydrogen (secondary N) is 1. The van der Waals surface area contributed by atoms with Gasteiger partial charge in [-0.2, -0.15) is 17.2 Å². The monoisotopic (exact) mass is 425 g/mol. The molecule has 0 bridgehead atoms. The minimum atomic E-state index is -5.58. The van der Waals surface area contributed by atoms with Crippen LogP contribution < -0.4 is 5.32 Å². The molecule has 5 nitrogen and oxygen atoms in total. The van der Waals surface area contributed by atoms with Gasteiger partial charge in [-0.1, -0.05) is 11.6 Å². The predicted molar refractivity (Wildman–Crippen MR) is 73.0 cm³/mol. The molecule has 0 spiro atoms. The van der Waals surface area contributed by atoms with Crippen molar-refractivity contribution < 1.29 is 26.5 Å². The van der Waals surface area contributed by atoms with Gasteiger partial charge in [0.1, 0.15) is 0 Å². The molecule has 1 aromatic carbocycles.